The van der Waals surface area contributed by atoms with Gasteiger partial charge in [0.05, 0.1) is 27.1 Å². The van der Waals surface area contributed by atoms with Crippen molar-refractivity contribution in [2.45, 2.75) is 11.4 Å². The van der Waals surface area contributed by atoms with E-state index in [4.69, 9.17) is 4.74 Å². The van der Waals surface area contributed by atoms with Crippen LogP contribution in [0.2, 0.25) is 0 Å². The van der Waals surface area contributed by atoms with Gasteiger partial charge in [-0.15, -0.1) is 0 Å². The first kappa shape index (κ1) is 23.0. The van der Waals surface area contributed by atoms with Gasteiger partial charge in [0.2, 0.25) is 0 Å². The highest BCUT2D eigenvalue weighted by Gasteiger charge is 2.14. The van der Waals surface area contributed by atoms with Crippen molar-refractivity contribution >= 4 is 55.0 Å². The highest BCUT2D eigenvalue weighted by Crippen LogP contribution is 2.22. The van der Waals surface area contributed by atoms with Crippen molar-refractivity contribution in [3.63, 3.8) is 0 Å². The van der Waals surface area contributed by atoms with Crippen molar-refractivity contribution in [1.82, 2.24) is 4.57 Å². The van der Waals surface area contributed by atoms with E-state index < -0.39 is 26.6 Å². The van der Waals surface area contributed by atoms with Crippen molar-refractivity contribution < 1.29 is 27.7 Å². The number of sulfone groups is 1. The first-order valence-corrected chi connectivity index (χ1v) is 11.7. The van der Waals surface area contributed by atoms with E-state index in [1.165, 1.54) is 60.2 Å². The van der Waals surface area contributed by atoms with Crippen LogP contribution in [0.1, 0.15) is 5.56 Å². The molecular formula is C20H17N3O7S2. The molecule has 12 heteroatoms. The number of carbonyl (C=O) groups is 2. The van der Waals surface area contributed by atoms with Crippen LogP contribution in [0.3, 0.4) is 0 Å². The van der Waals surface area contributed by atoms with Crippen LogP contribution in [0, 0.1) is 10.1 Å². The number of benzene rings is 2. The van der Waals surface area contributed by atoms with Crippen LogP contribution in [-0.4, -0.2) is 43.2 Å². The Bertz CT molecular complexity index is 1420. The zero-order valence-corrected chi connectivity index (χ0v) is 18.6. The molecule has 0 atom stereocenters. The third kappa shape index (κ3) is 5.34. The van der Waals surface area contributed by atoms with Gasteiger partial charge < -0.3 is 9.30 Å². The number of thiazole rings is 1. The quantitative estimate of drug-likeness (QED) is 0.231. The average Bonchev–Trinajstić information content (AvgIpc) is 3.07. The number of non-ortho nitro benzene ring substituents is 1. The number of esters is 1. The molecule has 0 aliphatic rings. The first-order valence-electron chi connectivity index (χ1n) is 9.00. The minimum Gasteiger partial charge on any atom is -0.468 e. The lowest BCUT2D eigenvalue weighted by atomic mass is 10.2. The molecule has 0 bridgehead atoms. The Balaban J connectivity index is 2.00. The number of hydrogen-bond acceptors (Lipinski definition) is 8. The van der Waals surface area contributed by atoms with Crippen LogP contribution >= 0.6 is 11.3 Å². The maximum Gasteiger partial charge on any atom is 0.325 e. The van der Waals surface area contributed by atoms with Gasteiger partial charge in [-0.3, -0.25) is 19.7 Å². The van der Waals surface area contributed by atoms with Crippen molar-refractivity contribution in [3.05, 3.63) is 69.0 Å². The number of amides is 1. The molecule has 3 rings (SSSR count). The Morgan fingerprint density at radius 2 is 1.91 bits per heavy atom. The number of hydrogen-bond donors (Lipinski definition) is 0. The Morgan fingerprint density at radius 1 is 1.22 bits per heavy atom. The Hall–Kier alpha value is -3.64. The third-order valence-corrected chi connectivity index (χ3v) is 6.48. The van der Waals surface area contributed by atoms with E-state index >= 15 is 0 Å². The summed E-state index contributed by atoms with van der Waals surface area (Å²) in [6, 6.07) is 10.0. The van der Waals surface area contributed by atoms with Gasteiger partial charge in [-0.2, -0.15) is 4.99 Å². The van der Waals surface area contributed by atoms with Crippen molar-refractivity contribution in [2.75, 3.05) is 13.4 Å². The van der Waals surface area contributed by atoms with Crippen LogP contribution < -0.4 is 4.80 Å². The molecule has 0 radical (unpaired) electrons. The van der Waals surface area contributed by atoms with E-state index in [0.29, 0.717) is 15.8 Å². The van der Waals surface area contributed by atoms with E-state index in [1.807, 2.05) is 0 Å². The molecule has 0 aliphatic heterocycles. The van der Waals surface area contributed by atoms with E-state index in [9.17, 15) is 28.1 Å². The number of carbonyl (C=O) groups excluding carboxylic acids is 2. The molecule has 0 N–H and O–H groups in total. The Morgan fingerprint density at radius 3 is 2.50 bits per heavy atom. The third-order valence-electron chi connectivity index (χ3n) is 4.33. The molecule has 0 aliphatic carbocycles. The number of methoxy groups -OCH3 is 1. The number of aromatic nitrogens is 1. The summed E-state index contributed by atoms with van der Waals surface area (Å²) in [7, 11) is -2.21. The molecule has 1 amide bonds. The Labute approximate surface area is 186 Å². The second kappa shape index (κ2) is 9.24. The van der Waals surface area contributed by atoms with E-state index in [0.717, 1.165) is 17.6 Å². The molecule has 0 spiro atoms. The molecule has 1 heterocycles. The van der Waals surface area contributed by atoms with Gasteiger partial charge in [-0.1, -0.05) is 11.3 Å². The molecule has 32 heavy (non-hydrogen) atoms. The number of nitro benzene ring substituents is 1. The molecule has 166 valence electrons. The fourth-order valence-corrected chi connectivity index (χ4v) is 4.52. The van der Waals surface area contributed by atoms with Gasteiger partial charge in [0.1, 0.15) is 6.54 Å². The normalized spacial score (nSPS) is 12.4. The van der Waals surface area contributed by atoms with Crippen molar-refractivity contribution in [1.29, 1.82) is 0 Å². The zero-order chi connectivity index (χ0) is 23.5. The second-order valence-electron chi connectivity index (χ2n) is 6.58. The van der Waals surface area contributed by atoms with Crippen LogP contribution in [0.15, 0.2) is 58.4 Å². The fraction of sp³-hybridized carbons (Fsp3) is 0.150. The van der Waals surface area contributed by atoms with Gasteiger partial charge in [0, 0.05) is 24.5 Å². The number of fused-ring (bicyclic) bond motifs is 1. The first-order chi connectivity index (χ1) is 15.1. The lowest BCUT2D eigenvalue weighted by Gasteiger charge is -2.04. The molecule has 2 aromatic carbocycles. The van der Waals surface area contributed by atoms with Crippen molar-refractivity contribution in [2.24, 2.45) is 4.99 Å². The van der Waals surface area contributed by atoms with E-state index in [-0.39, 0.29) is 21.9 Å². The van der Waals surface area contributed by atoms with Gasteiger partial charge in [0.25, 0.3) is 11.6 Å². The van der Waals surface area contributed by atoms with Gasteiger partial charge in [0.15, 0.2) is 14.6 Å². The fourth-order valence-electron chi connectivity index (χ4n) is 2.72. The lowest BCUT2D eigenvalue weighted by molar-refractivity contribution is -0.384. The minimum atomic E-state index is -3.44. The topological polar surface area (TPSA) is 138 Å². The van der Waals surface area contributed by atoms with Gasteiger partial charge in [-0.05, 0) is 42.0 Å². The van der Waals surface area contributed by atoms with Gasteiger partial charge in [-0.25, -0.2) is 8.42 Å². The predicted octanol–water partition coefficient (Wildman–Crippen LogP) is 2.33. The maximum absolute atomic E-state index is 12.4. The summed E-state index contributed by atoms with van der Waals surface area (Å²) in [5, 5.41) is 10.7. The molecule has 3 aromatic rings. The second-order valence-corrected chi connectivity index (χ2v) is 9.61. The van der Waals surface area contributed by atoms with Crippen LogP contribution in [0.4, 0.5) is 5.69 Å². The zero-order valence-electron chi connectivity index (χ0n) is 16.9. The number of nitrogens with zero attached hydrogens (tertiary/aromatic N) is 3. The monoisotopic (exact) mass is 475 g/mol. The SMILES string of the molecule is COC(=O)Cn1c(=NC(=O)C=Cc2ccc([N+](=O)[O-])cc2)sc2cc(S(C)(=O)=O)ccc21. The number of ether oxygens (including phenoxy) is 1. The van der Waals surface area contributed by atoms with Crippen LogP contribution in [-0.2, 0) is 30.7 Å². The molecular weight excluding hydrogens is 458 g/mol. The minimum absolute atomic E-state index is 0.0687. The smallest absolute Gasteiger partial charge is 0.325 e. The highest BCUT2D eigenvalue weighted by atomic mass is 32.2. The summed E-state index contributed by atoms with van der Waals surface area (Å²) in [5.74, 6) is -1.19. The number of nitro groups is 1. The standard InChI is InChI=1S/C20H17N3O7S2/c1-30-19(25)12-22-16-9-8-15(32(2,28)29)11-17(16)31-20(22)21-18(24)10-5-13-3-6-14(7-4-13)23(26)27/h3-11H,12H2,1-2H3. The summed E-state index contributed by atoms with van der Waals surface area (Å²) in [5.41, 5.74) is 1.02. The summed E-state index contributed by atoms with van der Waals surface area (Å²) < 4.78 is 30.4. The summed E-state index contributed by atoms with van der Waals surface area (Å²) in [6.45, 7) is -0.215. The van der Waals surface area contributed by atoms with E-state index in [2.05, 4.69) is 4.99 Å². The van der Waals surface area contributed by atoms with Gasteiger partial charge >= 0.3 is 5.97 Å². The average molecular weight is 476 g/mol. The lowest BCUT2D eigenvalue weighted by Crippen LogP contribution is -2.22. The molecule has 0 saturated carbocycles. The molecule has 0 saturated heterocycles. The largest absolute Gasteiger partial charge is 0.468 e. The summed E-state index contributed by atoms with van der Waals surface area (Å²) in [6.07, 6.45) is 3.73. The van der Waals surface area contributed by atoms with Crippen molar-refractivity contribution in [3.8, 4) is 0 Å². The number of rotatable bonds is 6. The van der Waals surface area contributed by atoms with Crippen LogP contribution in [0.5, 0.6) is 0 Å². The molecule has 10 nitrogen and oxygen atoms in total. The summed E-state index contributed by atoms with van der Waals surface area (Å²) >= 11 is 1.06. The predicted molar refractivity (Wildman–Crippen MR) is 118 cm³/mol. The van der Waals surface area contributed by atoms with Crippen LogP contribution in [0.25, 0.3) is 16.3 Å². The molecule has 0 unspecified atom stereocenters. The summed E-state index contributed by atoms with van der Waals surface area (Å²) in [4.78, 5) is 38.8. The molecule has 0 fully saturated rings. The van der Waals surface area contributed by atoms with E-state index in [1.54, 1.807) is 6.07 Å². The molecule has 1 aromatic heterocycles. The maximum atomic E-state index is 12.4. The highest BCUT2D eigenvalue weighted by molar-refractivity contribution is 7.90. The Kier molecular flexibility index (Phi) is 6.65.